The molecule has 0 amide bonds. The molecule has 4 rings (SSSR count). The summed E-state index contributed by atoms with van der Waals surface area (Å²) < 4.78 is 29.4. The maximum Gasteiger partial charge on any atom is 0.327 e. The normalized spacial score (nSPS) is 18.8. The van der Waals surface area contributed by atoms with E-state index in [1.54, 1.807) is 4.31 Å². The zero-order valence-corrected chi connectivity index (χ0v) is 14.0. The lowest BCUT2D eigenvalue weighted by atomic mass is 9.93. The van der Waals surface area contributed by atoms with Crippen LogP contribution in [-0.4, -0.2) is 14.5 Å². The molecule has 0 aromatic heterocycles. The molecule has 1 fully saturated rings. The first-order chi connectivity index (χ1) is 11.6. The predicted octanol–water partition coefficient (Wildman–Crippen LogP) is 3.29. The molecular formula is C19H18N2O2S. The summed E-state index contributed by atoms with van der Waals surface area (Å²) in [6.07, 6.45) is 8.39. The molecule has 122 valence electrons. The van der Waals surface area contributed by atoms with Crippen molar-refractivity contribution in [2.45, 2.75) is 31.8 Å². The van der Waals surface area contributed by atoms with Gasteiger partial charge in [-0.05, 0) is 49.1 Å². The minimum absolute atomic E-state index is 0.0817. The van der Waals surface area contributed by atoms with Gasteiger partial charge in [-0.15, -0.1) is 6.42 Å². The number of nitrogens with zero attached hydrogens (tertiary/aromatic N) is 2. The highest BCUT2D eigenvalue weighted by atomic mass is 32.2. The number of fused-ring (bicyclic) bond motifs is 1. The molecule has 0 radical (unpaired) electrons. The Labute approximate surface area is 142 Å². The van der Waals surface area contributed by atoms with Crippen molar-refractivity contribution in [2.75, 3.05) is 8.61 Å². The molecule has 1 aliphatic carbocycles. The van der Waals surface area contributed by atoms with Gasteiger partial charge in [0.1, 0.15) is 0 Å². The van der Waals surface area contributed by atoms with Crippen molar-refractivity contribution in [1.29, 1.82) is 0 Å². The molecule has 0 atom stereocenters. The van der Waals surface area contributed by atoms with Crippen LogP contribution in [0, 0.1) is 12.3 Å². The zero-order valence-electron chi connectivity index (χ0n) is 13.2. The molecule has 2 aromatic rings. The van der Waals surface area contributed by atoms with Crippen molar-refractivity contribution < 1.29 is 8.42 Å². The predicted molar refractivity (Wildman–Crippen MR) is 96.0 cm³/mol. The number of hydrogen-bond acceptors (Lipinski definition) is 2. The third-order valence-electron chi connectivity index (χ3n) is 4.74. The van der Waals surface area contributed by atoms with Crippen LogP contribution in [0.1, 0.15) is 30.4 Å². The second-order valence-corrected chi connectivity index (χ2v) is 7.96. The van der Waals surface area contributed by atoms with E-state index >= 15 is 0 Å². The third kappa shape index (κ3) is 2.26. The maximum absolute atomic E-state index is 13.2. The third-order valence-corrected chi connectivity index (χ3v) is 6.62. The SMILES string of the molecule is C#Cc1cccc(CN2c3ccccc3N(C3CCC3)S2(=O)=O)c1. The van der Waals surface area contributed by atoms with Gasteiger partial charge in [-0.1, -0.05) is 30.2 Å². The lowest BCUT2D eigenvalue weighted by Gasteiger charge is -2.35. The van der Waals surface area contributed by atoms with Gasteiger partial charge >= 0.3 is 10.2 Å². The van der Waals surface area contributed by atoms with Gasteiger partial charge in [-0.25, -0.2) is 8.61 Å². The molecule has 0 bridgehead atoms. The number of anilines is 2. The molecule has 2 aromatic carbocycles. The van der Waals surface area contributed by atoms with Gasteiger partial charge in [0.25, 0.3) is 0 Å². The Balaban J connectivity index is 1.76. The summed E-state index contributed by atoms with van der Waals surface area (Å²) >= 11 is 0. The van der Waals surface area contributed by atoms with E-state index < -0.39 is 10.2 Å². The van der Waals surface area contributed by atoms with Crippen LogP contribution in [0.2, 0.25) is 0 Å². The lowest BCUT2D eigenvalue weighted by Crippen LogP contribution is -2.46. The van der Waals surface area contributed by atoms with Gasteiger partial charge in [0.15, 0.2) is 0 Å². The van der Waals surface area contributed by atoms with Crippen molar-refractivity contribution in [3.05, 3.63) is 59.7 Å². The van der Waals surface area contributed by atoms with Crippen LogP contribution in [-0.2, 0) is 16.8 Å². The molecule has 0 saturated heterocycles. The lowest BCUT2D eigenvalue weighted by molar-refractivity contribution is 0.416. The van der Waals surface area contributed by atoms with Crippen LogP contribution in [0.3, 0.4) is 0 Å². The summed E-state index contributed by atoms with van der Waals surface area (Å²) in [7, 11) is -3.55. The van der Waals surface area contributed by atoms with Crippen molar-refractivity contribution in [2.24, 2.45) is 0 Å². The number of hydrogen-bond donors (Lipinski definition) is 0. The quantitative estimate of drug-likeness (QED) is 0.806. The van der Waals surface area contributed by atoms with Crippen molar-refractivity contribution in [1.82, 2.24) is 0 Å². The molecule has 5 heteroatoms. The molecule has 1 aliphatic heterocycles. The molecule has 4 nitrogen and oxygen atoms in total. The minimum Gasteiger partial charge on any atom is -0.248 e. The summed E-state index contributed by atoms with van der Waals surface area (Å²) in [4.78, 5) is 0. The van der Waals surface area contributed by atoms with E-state index in [-0.39, 0.29) is 12.6 Å². The average molecular weight is 338 g/mol. The van der Waals surface area contributed by atoms with Crippen molar-refractivity contribution in [3.63, 3.8) is 0 Å². The van der Waals surface area contributed by atoms with Crippen LogP contribution < -0.4 is 8.61 Å². The van der Waals surface area contributed by atoms with Gasteiger partial charge < -0.3 is 0 Å². The van der Waals surface area contributed by atoms with E-state index in [0.717, 1.165) is 41.8 Å². The first-order valence-corrected chi connectivity index (χ1v) is 9.47. The first kappa shape index (κ1) is 15.1. The molecule has 1 heterocycles. The van der Waals surface area contributed by atoms with Crippen LogP contribution in [0.25, 0.3) is 0 Å². The second kappa shape index (κ2) is 5.57. The van der Waals surface area contributed by atoms with E-state index in [2.05, 4.69) is 5.92 Å². The standard InChI is InChI=1S/C19H18N2O2S/c1-2-15-7-5-8-16(13-15)14-20-18-11-3-4-12-19(18)21(24(20,22)23)17-9-6-10-17/h1,3-5,7-8,11-13,17H,6,9-10,14H2. The van der Waals surface area contributed by atoms with Gasteiger partial charge in [-0.3, -0.25) is 0 Å². The number of para-hydroxylation sites is 2. The number of terminal acetylenes is 1. The van der Waals surface area contributed by atoms with Crippen LogP contribution in [0.15, 0.2) is 48.5 Å². The van der Waals surface area contributed by atoms with Gasteiger partial charge in [0.2, 0.25) is 0 Å². The van der Waals surface area contributed by atoms with Gasteiger partial charge in [0, 0.05) is 11.6 Å². The van der Waals surface area contributed by atoms with E-state index in [4.69, 9.17) is 6.42 Å². The summed E-state index contributed by atoms with van der Waals surface area (Å²) in [5.41, 5.74) is 3.18. The summed E-state index contributed by atoms with van der Waals surface area (Å²) in [5, 5.41) is 0. The summed E-state index contributed by atoms with van der Waals surface area (Å²) in [5.74, 6) is 2.60. The van der Waals surface area contributed by atoms with Crippen LogP contribution in [0.4, 0.5) is 11.4 Å². The Hall–Kier alpha value is -2.45. The van der Waals surface area contributed by atoms with Crippen molar-refractivity contribution >= 4 is 21.6 Å². The molecule has 0 N–H and O–H groups in total. The molecule has 24 heavy (non-hydrogen) atoms. The Morgan fingerprint density at radius 2 is 1.83 bits per heavy atom. The van der Waals surface area contributed by atoms with Gasteiger partial charge in [0.05, 0.1) is 17.9 Å². The molecular weight excluding hydrogens is 320 g/mol. The fourth-order valence-corrected chi connectivity index (χ4v) is 5.23. The first-order valence-electron chi connectivity index (χ1n) is 8.08. The fraction of sp³-hybridized carbons (Fsp3) is 0.263. The van der Waals surface area contributed by atoms with E-state index in [9.17, 15) is 8.42 Å². The van der Waals surface area contributed by atoms with Crippen LogP contribution in [0.5, 0.6) is 0 Å². The Bertz CT molecular complexity index is 926. The Kier molecular flexibility index (Phi) is 3.50. The Morgan fingerprint density at radius 3 is 2.50 bits per heavy atom. The topological polar surface area (TPSA) is 40.6 Å². The highest BCUT2D eigenvalue weighted by molar-refractivity contribution is 7.94. The number of rotatable bonds is 3. The highest BCUT2D eigenvalue weighted by Gasteiger charge is 2.45. The second-order valence-electron chi connectivity index (χ2n) is 6.23. The van der Waals surface area contributed by atoms with E-state index in [1.807, 2.05) is 48.5 Å². The Morgan fingerprint density at radius 1 is 1.08 bits per heavy atom. The molecule has 0 unspecified atom stereocenters. The van der Waals surface area contributed by atoms with E-state index in [0.29, 0.717) is 0 Å². The van der Waals surface area contributed by atoms with Gasteiger partial charge in [-0.2, -0.15) is 8.42 Å². The maximum atomic E-state index is 13.2. The monoisotopic (exact) mass is 338 g/mol. The molecule has 2 aliphatic rings. The molecule has 0 spiro atoms. The number of benzene rings is 2. The van der Waals surface area contributed by atoms with Crippen LogP contribution >= 0.6 is 0 Å². The van der Waals surface area contributed by atoms with Crippen molar-refractivity contribution in [3.8, 4) is 12.3 Å². The fourth-order valence-electron chi connectivity index (χ4n) is 3.31. The average Bonchev–Trinajstić information content (AvgIpc) is 2.75. The summed E-state index contributed by atoms with van der Waals surface area (Å²) in [6, 6.07) is 15.1. The minimum atomic E-state index is -3.55. The highest BCUT2D eigenvalue weighted by Crippen LogP contribution is 2.45. The molecule has 1 saturated carbocycles. The largest absolute Gasteiger partial charge is 0.327 e. The zero-order chi connectivity index (χ0) is 16.7. The summed E-state index contributed by atoms with van der Waals surface area (Å²) in [6.45, 7) is 0.290. The van der Waals surface area contributed by atoms with E-state index in [1.165, 1.54) is 4.31 Å². The smallest absolute Gasteiger partial charge is 0.248 e.